The number of aryl methyl sites for hydroxylation is 1. The number of hydrogen-bond acceptors (Lipinski definition) is 7. The third-order valence-electron chi connectivity index (χ3n) is 6.46. The average molecular weight is 476 g/mol. The fourth-order valence-electron chi connectivity index (χ4n) is 4.62. The Hall–Kier alpha value is -2.33. The van der Waals surface area contributed by atoms with Gasteiger partial charge in [0.25, 0.3) is 0 Å². The van der Waals surface area contributed by atoms with Gasteiger partial charge in [-0.2, -0.15) is 0 Å². The number of benzene rings is 2. The Balaban J connectivity index is 1.59. The fraction of sp³-hybridized carbons (Fsp3) is 0.500. The zero-order valence-corrected chi connectivity index (χ0v) is 20.4. The van der Waals surface area contributed by atoms with Crippen molar-refractivity contribution in [2.75, 3.05) is 65.6 Å². The number of morpholine rings is 1. The number of ether oxygens (including phenoxy) is 3. The lowest BCUT2D eigenvalue weighted by Crippen LogP contribution is -2.43. The van der Waals surface area contributed by atoms with E-state index in [1.807, 2.05) is 0 Å². The van der Waals surface area contributed by atoms with Crippen molar-refractivity contribution in [2.45, 2.75) is 23.8 Å². The monoisotopic (exact) mass is 475 g/mol. The van der Waals surface area contributed by atoms with E-state index in [0.29, 0.717) is 24.7 Å². The molecule has 1 N–H and O–H groups in total. The van der Waals surface area contributed by atoms with Gasteiger partial charge in [-0.3, -0.25) is 4.90 Å². The van der Waals surface area contributed by atoms with Crippen molar-refractivity contribution in [3.63, 3.8) is 0 Å². The Bertz CT molecular complexity index is 1070. The first kappa shape index (κ1) is 23.8. The molecule has 0 aromatic heterocycles. The second kappa shape index (κ2) is 10.3. The average Bonchev–Trinajstić information content (AvgIpc) is 2.84. The summed E-state index contributed by atoms with van der Waals surface area (Å²) >= 11 is 0. The lowest BCUT2D eigenvalue weighted by Gasteiger charge is -2.36. The third kappa shape index (κ3) is 5.27. The van der Waals surface area contributed by atoms with Gasteiger partial charge in [0.05, 0.1) is 32.3 Å². The van der Waals surface area contributed by atoms with Crippen LogP contribution in [0.25, 0.3) is 0 Å². The minimum Gasteiger partial charge on any atom is -0.493 e. The van der Waals surface area contributed by atoms with Crippen LogP contribution in [-0.2, 0) is 21.2 Å². The lowest BCUT2D eigenvalue weighted by atomic mass is 9.96. The Morgan fingerprint density at radius 3 is 2.52 bits per heavy atom. The van der Waals surface area contributed by atoms with Crippen molar-refractivity contribution in [3.05, 3.63) is 47.5 Å². The van der Waals surface area contributed by atoms with Gasteiger partial charge >= 0.3 is 0 Å². The summed E-state index contributed by atoms with van der Waals surface area (Å²) in [7, 11) is 1.39. The summed E-state index contributed by atoms with van der Waals surface area (Å²) in [6, 6.07) is 11.1. The molecule has 1 saturated heterocycles. The number of rotatable bonds is 8. The van der Waals surface area contributed by atoms with Gasteiger partial charge in [-0.05, 0) is 42.2 Å². The van der Waals surface area contributed by atoms with Crippen LogP contribution in [0.4, 0.5) is 5.69 Å². The maximum absolute atomic E-state index is 13.1. The lowest BCUT2D eigenvalue weighted by molar-refractivity contribution is 0.0172. The number of nitrogens with one attached hydrogen (secondary N) is 1. The molecular weight excluding hydrogens is 442 g/mol. The van der Waals surface area contributed by atoms with Gasteiger partial charge < -0.3 is 19.1 Å². The van der Waals surface area contributed by atoms with Gasteiger partial charge in [0, 0.05) is 51.0 Å². The molecule has 8 nitrogen and oxygen atoms in total. The highest BCUT2D eigenvalue weighted by Crippen LogP contribution is 2.32. The molecule has 2 aromatic carbocycles. The summed E-state index contributed by atoms with van der Waals surface area (Å²) in [5.74, 6) is 0.866. The molecule has 4 rings (SSSR count). The molecule has 0 saturated carbocycles. The molecule has 2 aliphatic rings. The predicted octanol–water partition coefficient (Wildman–Crippen LogP) is 2.44. The molecule has 180 valence electrons. The van der Waals surface area contributed by atoms with E-state index < -0.39 is 10.0 Å². The first-order chi connectivity index (χ1) is 15.9. The largest absolute Gasteiger partial charge is 0.493 e. The number of nitrogens with zero attached hydrogens (tertiary/aromatic N) is 2. The van der Waals surface area contributed by atoms with Crippen molar-refractivity contribution in [3.8, 4) is 11.5 Å². The Morgan fingerprint density at radius 2 is 1.79 bits per heavy atom. The van der Waals surface area contributed by atoms with Gasteiger partial charge in [0.15, 0.2) is 11.5 Å². The second-order valence-electron chi connectivity index (χ2n) is 8.45. The molecule has 2 heterocycles. The number of sulfonamides is 1. The van der Waals surface area contributed by atoms with Gasteiger partial charge in [0.1, 0.15) is 0 Å². The van der Waals surface area contributed by atoms with E-state index >= 15 is 0 Å². The van der Waals surface area contributed by atoms with Crippen LogP contribution in [-0.4, -0.2) is 74.0 Å². The molecule has 1 atom stereocenters. The van der Waals surface area contributed by atoms with Crippen LogP contribution in [0.2, 0.25) is 0 Å². The van der Waals surface area contributed by atoms with Crippen LogP contribution in [0.5, 0.6) is 11.5 Å². The van der Waals surface area contributed by atoms with E-state index in [4.69, 9.17) is 14.2 Å². The molecule has 0 radical (unpaired) electrons. The maximum Gasteiger partial charge on any atom is 0.240 e. The Kier molecular flexibility index (Phi) is 7.43. The summed E-state index contributed by atoms with van der Waals surface area (Å²) < 4.78 is 45.2. The van der Waals surface area contributed by atoms with Crippen molar-refractivity contribution < 1.29 is 22.6 Å². The van der Waals surface area contributed by atoms with E-state index in [-0.39, 0.29) is 17.5 Å². The third-order valence-corrected chi connectivity index (χ3v) is 7.88. The second-order valence-corrected chi connectivity index (χ2v) is 10.2. The summed E-state index contributed by atoms with van der Waals surface area (Å²) in [5, 5.41) is 0. The summed E-state index contributed by atoms with van der Waals surface area (Å²) in [4.78, 5) is 4.73. The standard InChI is InChI=1S/C24H33N3O5S/c1-26-10-4-5-18-15-19(6-8-21(18)26)22(27-11-13-32-14-12-27)17-25-33(28,29)20-7-9-23(30-2)24(16-20)31-3/h6-9,15-16,22,25H,4-5,10-14,17H2,1-3H3/t22-/m1/s1. The summed E-state index contributed by atoms with van der Waals surface area (Å²) in [6.07, 6.45) is 2.17. The normalized spacial score (nSPS) is 18.0. The van der Waals surface area contributed by atoms with Crippen LogP contribution in [0.1, 0.15) is 23.6 Å². The van der Waals surface area contributed by atoms with Gasteiger partial charge in [-0.1, -0.05) is 12.1 Å². The van der Waals surface area contributed by atoms with E-state index in [1.54, 1.807) is 6.07 Å². The molecule has 9 heteroatoms. The molecule has 0 unspecified atom stereocenters. The fourth-order valence-corrected chi connectivity index (χ4v) is 5.67. The van der Waals surface area contributed by atoms with E-state index in [0.717, 1.165) is 38.0 Å². The van der Waals surface area contributed by atoms with Crippen LogP contribution in [0.3, 0.4) is 0 Å². The zero-order valence-electron chi connectivity index (χ0n) is 19.5. The van der Waals surface area contributed by atoms with Crippen molar-refractivity contribution >= 4 is 15.7 Å². The number of hydrogen-bond donors (Lipinski definition) is 1. The molecule has 2 aliphatic heterocycles. The number of methoxy groups -OCH3 is 2. The van der Waals surface area contributed by atoms with Gasteiger partial charge in [-0.15, -0.1) is 0 Å². The van der Waals surface area contributed by atoms with Gasteiger partial charge in [-0.25, -0.2) is 13.1 Å². The van der Waals surface area contributed by atoms with Crippen LogP contribution in [0, 0.1) is 0 Å². The Labute approximate surface area is 196 Å². The first-order valence-electron chi connectivity index (χ1n) is 11.3. The number of fused-ring (bicyclic) bond motifs is 1. The zero-order chi connectivity index (χ0) is 23.4. The van der Waals surface area contributed by atoms with Crippen molar-refractivity contribution in [1.82, 2.24) is 9.62 Å². The SMILES string of the molecule is COc1ccc(S(=O)(=O)NC[C@H](c2ccc3c(c2)CCCN3C)N2CCOCC2)cc1OC. The smallest absolute Gasteiger partial charge is 0.240 e. The minimum absolute atomic E-state index is 0.0821. The highest BCUT2D eigenvalue weighted by Gasteiger charge is 2.27. The molecule has 0 aliphatic carbocycles. The highest BCUT2D eigenvalue weighted by molar-refractivity contribution is 7.89. The predicted molar refractivity (Wildman–Crippen MR) is 128 cm³/mol. The van der Waals surface area contributed by atoms with Crippen LogP contribution >= 0.6 is 0 Å². The van der Waals surface area contributed by atoms with Crippen molar-refractivity contribution in [1.29, 1.82) is 0 Å². The van der Waals surface area contributed by atoms with E-state index in [9.17, 15) is 8.42 Å². The molecule has 33 heavy (non-hydrogen) atoms. The summed E-state index contributed by atoms with van der Waals surface area (Å²) in [6.45, 7) is 4.15. The van der Waals surface area contributed by atoms with Crippen molar-refractivity contribution in [2.24, 2.45) is 0 Å². The number of anilines is 1. The molecule has 0 bridgehead atoms. The first-order valence-corrected chi connectivity index (χ1v) is 12.8. The van der Waals surface area contributed by atoms with E-state index in [1.165, 1.54) is 37.6 Å². The van der Waals surface area contributed by atoms with Crippen LogP contribution < -0.4 is 19.1 Å². The molecule has 0 amide bonds. The molecule has 2 aromatic rings. The summed E-state index contributed by atoms with van der Waals surface area (Å²) in [5.41, 5.74) is 3.71. The topological polar surface area (TPSA) is 80.3 Å². The molecular formula is C24H33N3O5S. The quantitative estimate of drug-likeness (QED) is 0.628. The Morgan fingerprint density at radius 1 is 1.03 bits per heavy atom. The van der Waals surface area contributed by atoms with E-state index in [2.05, 4.69) is 39.8 Å². The maximum atomic E-state index is 13.1. The molecule has 1 fully saturated rings. The van der Waals surface area contributed by atoms with Gasteiger partial charge in [0.2, 0.25) is 10.0 Å². The minimum atomic E-state index is -3.74. The van der Waals surface area contributed by atoms with Crippen LogP contribution in [0.15, 0.2) is 41.3 Å². The highest BCUT2D eigenvalue weighted by atomic mass is 32.2. The molecule has 0 spiro atoms.